The summed E-state index contributed by atoms with van der Waals surface area (Å²) >= 11 is 0. The Morgan fingerprint density at radius 1 is 1.30 bits per heavy atom. The molecule has 1 aromatic carbocycles. The van der Waals surface area contributed by atoms with Crippen LogP contribution in [0.3, 0.4) is 0 Å². The van der Waals surface area contributed by atoms with Crippen LogP contribution in [-0.2, 0) is 20.1 Å². The summed E-state index contributed by atoms with van der Waals surface area (Å²) < 4.78 is 1.72. The van der Waals surface area contributed by atoms with Crippen LogP contribution in [0.2, 0.25) is 0 Å². The SMILES string of the molecule is CCNC(=NCc1ccc(C#N)cc1)NCc1ncnn1C.I. The van der Waals surface area contributed by atoms with E-state index in [-0.39, 0.29) is 24.0 Å². The first-order valence-corrected chi connectivity index (χ1v) is 7.07. The van der Waals surface area contributed by atoms with Gasteiger partial charge in [0.25, 0.3) is 0 Å². The van der Waals surface area contributed by atoms with Crippen molar-refractivity contribution in [2.24, 2.45) is 12.0 Å². The molecule has 1 heterocycles. The Kier molecular flexibility index (Phi) is 8.04. The highest BCUT2D eigenvalue weighted by molar-refractivity contribution is 14.0. The summed E-state index contributed by atoms with van der Waals surface area (Å²) in [7, 11) is 1.85. The number of nitrogens with one attached hydrogen (secondary N) is 2. The van der Waals surface area contributed by atoms with Gasteiger partial charge in [0.2, 0.25) is 0 Å². The summed E-state index contributed by atoms with van der Waals surface area (Å²) in [6, 6.07) is 9.52. The molecule has 23 heavy (non-hydrogen) atoms. The first-order chi connectivity index (χ1) is 10.7. The van der Waals surface area contributed by atoms with Crippen LogP contribution in [0.15, 0.2) is 35.6 Å². The number of aliphatic imine (C=N–C) groups is 1. The van der Waals surface area contributed by atoms with Crippen LogP contribution in [0, 0.1) is 11.3 Å². The number of nitriles is 1. The van der Waals surface area contributed by atoms with Gasteiger partial charge in [-0.15, -0.1) is 24.0 Å². The number of nitrogens with zero attached hydrogens (tertiary/aromatic N) is 5. The maximum atomic E-state index is 8.79. The van der Waals surface area contributed by atoms with E-state index < -0.39 is 0 Å². The third-order valence-corrected chi connectivity index (χ3v) is 3.07. The van der Waals surface area contributed by atoms with Crippen LogP contribution in [0.1, 0.15) is 23.9 Å². The lowest BCUT2D eigenvalue weighted by atomic mass is 10.1. The van der Waals surface area contributed by atoms with E-state index >= 15 is 0 Å². The Morgan fingerprint density at radius 3 is 2.61 bits per heavy atom. The molecule has 0 aliphatic rings. The Morgan fingerprint density at radius 2 is 2.04 bits per heavy atom. The van der Waals surface area contributed by atoms with Crippen LogP contribution in [-0.4, -0.2) is 27.3 Å². The van der Waals surface area contributed by atoms with Crippen molar-refractivity contribution < 1.29 is 0 Å². The summed E-state index contributed by atoms with van der Waals surface area (Å²) in [5, 5.41) is 19.2. The predicted octanol–water partition coefficient (Wildman–Crippen LogP) is 1.56. The van der Waals surface area contributed by atoms with E-state index in [4.69, 9.17) is 5.26 Å². The van der Waals surface area contributed by atoms with Gasteiger partial charge in [-0.25, -0.2) is 9.98 Å². The molecular formula is C15H20IN7. The van der Waals surface area contributed by atoms with E-state index in [1.165, 1.54) is 6.33 Å². The molecule has 0 aliphatic heterocycles. The number of benzene rings is 1. The van der Waals surface area contributed by atoms with E-state index in [9.17, 15) is 0 Å². The summed E-state index contributed by atoms with van der Waals surface area (Å²) in [6.07, 6.45) is 1.53. The minimum Gasteiger partial charge on any atom is -0.357 e. The molecule has 0 unspecified atom stereocenters. The number of rotatable bonds is 5. The van der Waals surface area contributed by atoms with E-state index in [2.05, 4.69) is 31.8 Å². The largest absolute Gasteiger partial charge is 0.357 e. The molecule has 0 radical (unpaired) electrons. The second-order valence-corrected chi connectivity index (χ2v) is 4.66. The van der Waals surface area contributed by atoms with Gasteiger partial charge in [0, 0.05) is 13.6 Å². The molecule has 0 atom stereocenters. The molecule has 0 saturated heterocycles. The quantitative estimate of drug-likeness (QED) is 0.431. The fourth-order valence-electron chi connectivity index (χ4n) is 1.84. The van der Waals surface area contributed by atoms with Gasteiger partial charge in [0.15, 0.2) is 5.96 Å². The highest BCUT2D eigenvalue weighted by Crippen LogP contribution is 2.04. The van der Waals surface area contributed by atoms with Crippen molar-refractivity contribution in [3.05, 3.63) is 47.5 Å². The number of aryl methyl sites for hydroxylation is 1. The van der Waals surface area contributed by atoms with Gasteiger partial charge in [-0.2, -0.15) is 10.4 Å². The summed E-state index contributed by atoms with van der Waals surface area (Å²) in [5.74, 6) is 1.55. The summed E-state index contributed by atoms with van der Waals surface area (Å²) in [5.41, 5.74) is 1.70. The summed E-state index contributed by atoms with van der Waals surface area (Å²) in [6.45, 7) is 3.88. The minimum absolute atomic E-state index is 0. The first kappa shape index (κ1) is 18.9. The van der Waals surface area contributed by atoms with Crippen LogP contribution >= 0.6 is 24.0 Å². The van der Waals surface area contributed by atoms with Crippen molar-refractivity contribution in [1.82, 2.24) is 25.4 Å². The van der Waals surface area contributed by atoms with Crippen LogP contribution in [0.5, 0.6) is 0 Å². The highest BCUT2D eigenvalue weighted by Gasteiger charge is 2.02. The fraction of sp³-hybridized carbons (Fsp3) is 0.333. The molecule has 0 aliphatic carbocycles. The Balaban J connectivity index is 0.00000264. The third kappa shape index (κ3) is 5.86. The minimum atomic E-state index is 0. The number of guanidine groups is 1. The molecule has 2 N–H and O–H groups in total. The van der Waals surface area contributed by atoms with E-state index in [1.807, 2.05) is 26.1 Å². The highest BCUT2D eigenvalue weighted by atomic mass is 127. The predicted molar refractivity (Wildman–Crippen MR) is 99.2 cm³/mol. The number of hydrogen-bond acceptors (Lipinski definition) is 4. The maximum Gasteiger partial charge on any atom is 0.191 e. The number of aromatic nitrogens is 3. The van der Waals surface area contributed by atoms with Gasteiger partial charge in [-0.1, -0.05) is 12.1 Å². The van der Waals surface area contributed by atoms with Gasteiger partial charge in [-0.3, -0.25) is 4.68 Å². The molecular weight excluding hydrogens is 405 g/mol. The Bertz CT molecular complexity index is 670. The van der Waals surface area contributed by atoms with Gasteiger partial charge >= 0.3 is 0 Å². The van der Waals surface area contributed by atoms with Crippen molar-refractivity contribution in [2.45, 2.75) is 20.0 Å². The second kappa shape index (κ2) is 9.78. The Labute approximate surface area is 152 Å². The molecule has 0 amide bonds. The van der Waals surface area contributed by atoms with Crippen LogP contribution in [0.4, 0.5) is 0 Å². The lowest BCUT2D eigenvalue weighted by Crippen LogP contribution is -2.37. The molecule has 7 nitrogen and oxygen atoms in total. The zero-order valence-corrected chi connectivity index (χ0v) is 15.5. The van der Waals surface area contributed by atoms with Gasteiger partial charge in [0.05, 0.1) is 24.7 Å². The molecule has 122 valence electrons. The van der Waals surface area contributed by atoms with E-state index in [1.54, 1.807) is 16.8 Å². The van der Waals surface area contributed by atoms with Crippen molar-refractivity contribution in [3.8, 4) is 6.07 Å². The van der Waals surface area contributed by atoms with Crippen molar-refractivity contribution in [3.63, 3.8) is 0 Å². The molecule has 0 bridgehead atoms. The monoisotopic (exact) mass is 425 g/mol. The molecule has 0 spiro atoms. The van der Waals surface area contributed by atoms with E-state index in [0.29, 0.717) is 18.7 Å². The molecule has 2 rings (SSSR count). The smallest absolute Gasteiger partial charge is 0.191 e. The van der Waals surface area contributed by atoms with Crippen molar-refractivity contribution in [1.29, 1.82) is 5.26 Å². The lowest BCUT2D eigenvalue weighted by molar-refractivity contribution is 0.673. The third-order valence-electron chi connectivity index (χ3n) is 3.07. The average Bonchev–Trinajstić information content (AvgIpc) is 2.96. The normalized spacial score (nSPS) is 10.6. The standard InChI is InChI=1S/C15H19N7.HI/c1-3-17-15(19-10-14-20-11-21-22(14)2)18-9-13-6-4-12(8-16)5-7-13;/h4-7,11H,3,9-10H2,1-2H3,(H2,17,18,19);1H. The second-order valence-electron chi connectivity index (χ2n) is 4.66. The lowest BCUT2D eigenvalue weighted by Gasteiger charge is -2.10. The Hall–Kier alpha value is -2.15. The summed E-state index contributed by atoms with van der Waals surface area (Å²) in [4.78, 5) is 8.68. The van der Waals surface area contributed by atoms with Crippen LogP contribution < -0.4 is 10.6 Å². The van der Waals surface area contributed by atoms with Gasteiger partial charge < -0.3 is 10.6 Å². The zero-order valence-electron chi connectivity index (χ0n) is 13.2. The van der Waals surface area contributed by atoms with Crippen molar-refractivity contribution >= 4 is 29.9 Å². The van der Waals surface area contributed by atoms with Crippen molar-refractivity contribution in [2.75, 3.05) is 6.54 Å². The topological polar surface area (TPSA) is 90.9 Å². The van der Waals surface area contributed by atoms with Crippen LogP contribution in [0.25, 0.3) is 0 Å². The fourth-order valence-corrected chi connectivity index (χ4v) is 1.84. The van der Waals surface area contributed by atoms with Gasteiger partial charge in [-0.05, 0) is 24.6 Å². The number of hydrogen-bond donors (Lipinski definition) is 2. The average molecular weight is 425 g/mol. The molecule has 0 fully saturated rings. The molecule has 8 heteroatoms. The maximum absolute atomic E-state index is 8.79. The molecule has 2 aromatic rings. The zero-order chi connectivity index (χ0) is 15.8. The molecule has 0 saturated carbocycles. The van der Waals surface area contributed by atoms with Gasteiger partial charge in [0.1, 0.15) is 12.2 Å². The molecule has 1 aromatic heterocycles. The van der Waals surface area contributed by atoms with E-state index in [0.717, 1.165) is 23.9 Å². The number of halogens is 1. The first-order valence-electron chi connectivity index (χ1n) is 7.07.